The Bertz CT molecular complexity index is 6720. The van der Waals surface area contributed by atoms with Crippen LogP contribution in [0, 0.1) is 0 Å². The Balaban J connectivity index is 0.000000119. The number of hydrogen-bond donors (Lipinski definition) is 2. The molecule has 0 unspecified atom stereocenters. The largest absolute Gasteiger partial charge is 0.490 e. The molecule has 0 amide bonds. The molecular formula is C100H72B5ClN2O4. The lowest BCUT2D eigenvalue weighted by Gasteiger charge is -2.50. The highest BCUT2D eigenvalue weighted by Gasteiger charge is 2.57. The summed E-state index contributed by atoms with van der Waals surface area (Å²) in [6, 6.07) is 135. The molecular weight excluding hydrogens is 1380 g/mol. The van der Waals surface area contributed by atoms with Crippen LogP contribution in [0.5, 0.6) is 23.0 Å². The van der Waals surface area contributed by atoms with Gasteiger partial charge >= 0.3 is 13.2 Å². The van der Waals surface area contributed by atoms with E-state index in [-0.39, 0.29) is 41.1 Å². The molecule has 8 heterocycles. The number of halogens is 1. The predicted molar refractivity (Wildman–Crippen MR) is 472 cm³/mol. The van der Waals surface area contributed by atoms with Crippen molar-refractivity contribution in [1.29, 1.82) is 0 Å². The van der Waals surface area contributed by atoms with E-state index in [9.17, 15) is 10.0 Å². The lowest BCUT2D eigenvalue weighted by atomic mass is 9.26. The molecule has 528 valence electrons. The van der Waals surface area contributed by atoms with Gasteiger partial charge in [-0.15, -0.1) is 0 Å². The Labute approximate surface area is 658 Å². The van der Waals surface area contributed by atoms with Gasteiger partial charge in [-0.25, -0.2) is 0 Å². The molecule has 0 bridgehead atoms. The Morgan fingerprint density at radius 1 is 0.259 bits per heavy atom. The zero-order chi connectivity index (χ0) is 72.9. The van der Waals surface area contributed by atoms with Gasteiger partial charge in [0.25, 0.3) is 13.4 Å². The summed E-state index contributed by atoms with van der Waals surface area (Å²) >= 11 is 7.17. The van der Waals surface area contributed by atoms with Crippen LogP contribution in [0.15, 0.2) is 376 Å². The Kier molecular flexibility index (Phi) is 16.4. The van der Waals surface area contributed by atoms with E-state index in [4.69, 9.17) is 20.9 Å². The SMILES string of the molecule is C.C.ClB1c2ccccc2C2(c3ccccc31)c1ccccc1B1c3ccccc3Oc3cccc2c31.OB(O)c1cccc2c3ccccc3n(-c3ccccc3)c12.c1ccc(-n2c3ccccc3c3cccc(B4c5ccccc5C5(c6ccccc6B6c7ccccc7Oc7cccc5c76)c5ccccc54)c32)cc1. The summed E-state index contributed by atoms with van der Waals surface area (Å²) in [7, 11) is -1.50. The van der Waals surface area contributed by atoms with Gasteiger partial charge < -0.3 is 28.7 Å². The van der Waals surface area contributed by atoms with Crippen molar-refractivity contribution in [2.75, 3.05) is 0 Å². The second kappa shape index (κ2) is 26.8. The van der Waals surface area contributed by atoms with Gasteiger partial charge in [-0.3, -0.25) is 0 Å². The summed E-state index contributed by atoms with van der Waals surface area (Å²) < 4.78 is 17.9. The van der Waals surface area contributed by atoms with Crippen molar-refractivity contribution in [3.05, 3.63) is 421 Å². The van der Waals surface area contributed by atoms with Gasteiger partial charge in [0.05, 0.1) is 27.4 Å². The summed E-state index contributed by atoms with van der Waals surface area (Å²) in [5, 5.41) is 24.2. The number of hydrogen-bond acceptors (Lipinski definition) is 4. The van der Waals surface area contributed by atoms with Crippen LogP contribution in [-0.4, -0.2) is 52.6 Å². The van der Waals surface area contributed by atoms with E-state index >= 15 is 0 Å². The highest BCUT2D eigenvalue weighted by atomic mass is 35.5. The first kappa shape index (κ1) is 68.5. The van der Waals surface area contributed by atoms with Crippen LogP contribution in [-0.2, 0) is 10.8 Å². The maximum atomic E-state index is 9.76. The third kappa shape index (κ3) is 9.67. The predicted octanol–water partition coefficient (Wildman–Crippen LogP) is 14.3. The molecule has 0 atom stereocenters. The Hall–Kier alpha value is -12.7. The second-order valence-corrected chi connectivity index (χ2v) is 30.1. The molecule has 112 heavy (non-hydrogen) atoms. The summed E-state index contributed by atoms with van der Waals surface area (Å²) in [6.45, 7) is 0.214. The fourth-order valence-electron chi connectivity index (χ4n) is 20.4. The zero-order valence-electron chi connectivity index (χ0n) is 59.7. The summed E-state index contributed by atoms with van der Waals surface area (Å²) in [5.74, 6) is 3.79. The Morgan fingerprint density at radius 3 is 0.991 bits per heavy atom. The number of rotatable bonds is 4. The van der Waals surface area contributed by atoms with Gasteiger partial charge in [-0.1, -0.05) is 363 Å². The molecule has 24 rings (SSSR count). The van der Waals surface area contributed by atoms with Gasteiger partial charge in [0.2, 0.25) is 6.71 Å². The number of ether oxygens (including phenoxy) is 2. The molecule has 12 heteroatoms. The molecule has 2 aromatic heterocycles. The van der Waals surface area contributed by atoms with E-state index in [1.807, 2.05) is 54.6 Å². The van der Waals surface area contributed by atoms with Crippen LogP contribution >= 0.6 is 11.5 Å². The molecule has 6 aliphatic heterocycles. The minimum absolute atomic E-state index is 0. The van der Waals surface area contributed by atoms with Crippen LogP contribution in [0.4, 0.5) is 0 Å². The summed E-state index contributed by atoms with van der Waals surface area (Å²) in [5.41, 5.74) is 30.5. The molecule has 0 saturated carbocycles. The van der Waals surface area contributed by atoms with E-state index in [1.165, 1.54) is 132 Å². The highest BCUT2D eigenvalue weighted by Crippen LogP contribution is 2.51. The third-order valence-electron chi connectivity index (χ3n) is 24.5. The number of aromatic nitrogens is 2. The van der Waals surface area contributed by atoms with E-state index in [0.29, 0.717) is 5.46 Å². The number of fused-ring (bicyclic) bond motifs is 26. The molecule has 6 aliphatic rings. The van der Waals surface area contributed by atoms with Crippen molar-refractivity contribution in [1.82, 2.24) is 9.13 Å². The van der Waals surface area contributed by atoms with Crippen molar-refractivity contribution >= 4 is 154 Å². The van der Waals surface area contributed by atoms with Gasteiger partial charge in [0, 0.05) is 43.9 Å². The monoisotopic (exact) mass is 1450 g/mol. The summed E-state index contributed by atoms with van der Waals surface area (Å²) in [4.78, 5) is 0. The minimum Gasteiger partial charge on any atom is -0.458 e. The van der Waals surface area contributed by atoms with E-state index < -0.39 is 17.9 Å². The number of para-hydroxylation sites is 8. The first-order valence-electron chi connectivity index (χ1n) is 37.9. The molecule has 6 nitrogen and oxygen atoms in total. The van der Waals surface area contributed by atoms with Crippen molar-refractivity contribution < 1.29 is 19.5 Å². The average molecular weight is 1460 g/mol. The number of nitrogens with zero attached hydrogens (tertiary/aromatic N) is 2. The van der Waals surface area contributed by atoms with Crippen LogP contribution in [0.25, 0.3) is 55.0 Å². The average Bonchev–Trinajstić information content (AvgIpc) is 0.738. The molecule has 0 aliphatic carbocycles. The van der Waals surface area contributed by atoms with Crippen molar-refractivity contribution in [3.8, 4) is 34.4 Å². The molecule has 16 aromatic carbocycles. The zero-order valence-corrected chi connectivity index (χ0v) is 60.4. The molecule has 2 N–H and O–H groups in total. The van der Waals surface area contributed by atoms with E-state index in [0.717, 1.165) is 50.5 Å². The topological polar surface area (TPSA) is 68.8 Å². The maximum absolute atomic E-state index is 9.76. The summed E-state index contributed by atoms with van der Waals surface area (Å²) in [6.07, 6.45) is -0.186. The van der Waals surface area contributed by atoms with Crippen LogP contribution in [0.2, 0.25) is 0 Å². The fourth-order valence-corrected chi connectivity index (χ4v) is 20.8. The standard InChI is InChI=1S/C49H31B2NO.C31H19B2ClO.C18H14BNO2.2CH4/c1-2-16-32(17-3-1)52-44-29-12-4-18-33(44)34-19-14-28-43(48(34)52)50-39-24-8-5-20-35(39)49(36-21-6-9-25-40(36)50)37-22-7-10-26-41(37)51-42-27-11-13-30-45(42)53-46-31-15-23-38(49)47(46)51;34-33-25-15-5-2-11-21(25)31(22-12-3-6-16-26(22)33)20-10-1-4-14-24(20)32-27-17-7-8-18-28(27)35-29-19-9-13-23(31)30(29)32;21-19(22)16-11-6-10-15-14-9-4-5-12-17(14)20(18(15)16)13-7-2-1-3-8-13;;/h1-31H;1-19H;1-12,21-22H;2*1H4. The first-order valence-corrected chi connectivity index (χ1v) is 38.4. The second-order valence-electron chi connectivity index (χ2n) is 29.6. The van der Waals surface area contributed by atoms with E-state index in [2.05, 4.69) is 325 Å². The highest BCUT2D eigenvalue weighted by molar-refractivity contribution is 7.22. The van der Waals surface area contributed by atoms with Crippen molar-refractivity contribution in [2.45, 2.75) is 25.7 Å². The van der Waals surface area contributed by atoms with Gasteiger partial charge in [-0.05, 0) is 132 Å². The van der Waals surface area contributed by atoms with E-state index in [1.54, 1.807) is 6.07 Å². The van der Waals surface area contributed by atoms with Crippen LogP contribution in [0.3, 0.4) is 0 Å². The van der Waals surface area contributed by atoms with Crippen molar-refractivity contribution in [3.63, 3.8) is 0 Å². The lowest BCUT2D eigenvalue weighted by molar-refractivity contribution is 0.426. The first-order chi connectivity index (χ1) is 54.4. The minimum atomic E-state index is -1.50. The normalized spacial score (nSPS) is 13.7. The fraction of sp³-hybridized carbons (Fsp3) is 0.0400. The molecule has 0 radical (unpaired) electrons. The van der Waals surface area contributed by atoms with Crippen molar-refractivity contribution in [2.24, 2.45) is 0 Å². The maximum Gasteiger partial charge on any atom is 0.490 e. The van der Waals surface area contributed by atoms with Gasteiger partial charge in [0.15, 0.2) is 0 Å². The van der Waals surface area contributed by atoms with Gasteiger partial charge in [0.1, 0.15) is 23.0 Å². The number of benzene rings is 16. The van der Waals surface area contributed by atoms with Gasteiger partial charge in [-0.2, -0.15) is 11.5 Å². The molecule has 0 saturated heterocycles. The van der Waals surface area contributed by atoms with Crippen LogP contribution in [0.1, 0.15) is 59.4 Å². The quantitative estimate of drug-likeness (QED) is 0.172. The Morgan fingerprint density at radius 2 is 0.554 bits per heavy atom. The third-order valence-corrected chi connectivity index (χ3v) is 24.9. The molecule has 2 spiro atoms. The lowest BCUT2D eigenvalue weighted by Crippen LogP contribution is -2.68. The smallest absolute Gasteiger partial charge is 0.458 e. The molecule has 18 aromatic rings. The van der Waals surface area contributed by atoms with Crippen LogP contribution < -0.4 is 75.0 Å². The molecule has 0 fully saturated rings.